The minimum absolute atomic E-state index is 0.0243. The highest BCUT2D eigenvalue weighted by Gasteiger charge is 2.12. The Hall–Kier alpha value is -3.33. The molecule has 1 amide bonds. The van der Waals surface area contributed by atoms with E-state index in [0.717, 1.165) is 17.3 Å². The van der Waals surface area contributed by atoms with Crippen molar-refractivity contribution in [2.75, 3.05) is 25.3 Å². The maximum atomic E-state index is 12.1. The number of carbonyl (C=O) groups excluding carboxylic acids is 2. The summed E-state index contributed by atoms with van der Waals surface area (Å²) in [5, 5.41) is 11.1. The van der Waals surface area contributed by atoms with Gasteiger partial charge in [-0.15, -0.1) is 10.2 Å². The van der Waals surface area contributed by atoms with Crippen LogP contribution in [0.25, 0.3) is 0 Å². The quantitative estimate of drug-likeness (QED) is 0.408. The Morgan fingerprint density at radius 1 is 1.03 bits per heavy atom. The van der Waals surface area contributed by atoms with Crippen LogP contribution in [0, 0.1) is 0 Å². The van der Waals surface area contributed by atoms with Gasteiger partial charge in [0.15, 0.2) is 17.3 Å². The van der Waals surface area contributed by atoms with E-state index in [9.17, 15) is 9.59 Å². The minimum atomic E-state index is -0.213. The Kier molecular flexibility index (Phi) is 7.08. The summed E-state index contributed by atoms with van der Waals surface area (Å²) in [4.78, 5) is 23.4. The molecule has 0 unspecified atom stereocenters. The zero-order valence-corrected chi connectivity index (χ0v) is 17.6. The lowest BCUT2D eigenvalue weighted by molar-refractivity contribution is -0.113. The van der Waals surface area contributed by atoms with E-state index in [0.29, 0.717) is 40.3 Å². The number of methoxy groups -OCH3 is 2. The highest BCUT2D eigenvalue weighted by Crippen LogP contribution is 2.28. The second-order valence-electron chi connectivity index (χ2n) is 6.30. The van der Waals surface area contributed by atoms with Crippen LogP contribution in [0.15, 0.2) is 52.1 Å². The molecule has 0 aliphatic carbocycles. The van der Waals surface area contributed by atoms with Crippen molar-refractivity contribution < 1.29 is 23.5 Å². The number of ketones is 1. The number of ether oxygens (including phenoxy) is 2. The summed E-state index contributed by atoms with van der Waals surface area (Å²) in [6.07, 6.45) is 0.433. The van der Waals surface area contributed by atoms with Crippen molar-refractivity contribution in [3.05, 3.63) is 59.5 Å². The van der Waals surface area contributed by atoms with Gasteiger partial charge in [-0.05, 0) is 48.9 Å². The van der Waals surface area contributed by atoms with Gasteiger partial charge in [-0.3, -0.25) is 9.59 Å². The van der Waals surface area contributed by atoms with Crippen LogP contribution in [0.5, 0.6) is 11.5 Å². The molecule has 0 aliphatic heterocycles. The molecule has 0 atom stereocenters. The molecule has 3 aromatic rings. The number of benzene rings is 2. The molecule has 0 bridgehead atoms. The number of anilines is 1. The van der Waals surface area contributed by atoms with Crippen LogP contribution in [-0.4, -0.2) is 41.9 Å². The number of nitrogens with one attached hydrogen (secondary N) is 1. The molecule has 0 saturated heterocycles. The van der Waals surface area contributed by atoms with E-state index in [4.69, 9.17) is 13.9 Å². The van der Waals surface area contributed by atoms with Crippen LogP contribution < -0.4 is 14.8 Å². The van der Waals surface area contributed by atoms with Gasteiger partial charge in [0.05, 0.1) is 26.4 Å². The second kappa shape index (κ2) is 9.93. The SMILES string of the molecule is COc1ccc(Cc2nnc(SCC(=O)Nc3ccc(C(C)=O)cc3)o2)cc1OC. The fourth-order valence-electron chi connectivity index (χ4n) is 2.65. The number of amides is 1. The first kappa shape index (κ1) is 21.4. The van der Waals surface area contributed by atoms with Crippen LogP contribution in [0.2, 0.25) is 0 Å². The van der Waals surface area contributed by atoms with Crippen molar-refractivity contribution in [2.24, 2.45) is 0 Å². The van der Waals surface area contributed by atoms with Crippen molar-refractivity contribution in [1.29, 1.82) is 0 Å². The highest BCUT2D eigenvalue weighted by atomic mass is 32.2. The highest BCUT2D eigenvalue weighted by molar-refractivity contribution is 7.99. The topological polar surface area (TPSA) is 104 Å². The first-order valence-electron chi connectivity index (χ1n) is 9.05. The zero-order chi connectivity index (χ0) is 21.5. The fraction of sp³-hybridized carbons (Fsp3) is 0.238. The Bertz CT molecular complexity index is 1030. The Balaban J connectivity index is 1.53. The normalized spacial score (nSPS) is 10.5. The van der Waals surface area contributed by atoms with E-state index in [1.54, 1.807) is 38.5 Å². The van der Waals surface area contributed by atoms with Crippen LogP contribution in [-0.2, 0) is 11.2 Å². The molecule has 3 rings (SSSR count). The standard InChI is InChI=1S/C21H21N3O5S/c1-13(25)15-5-7-16(8-6-15)22-19(26)12-30-21-24-23-20(29-21)11-14-4-9-17(27-2)18(10-14)28-3/h4-10H,11-12H2,1-3H3,(H,22,26). The van der Waals surface area contributed by atoms with Gasteiger partial charge in [0.25, 0.3) is 5.22 Å². The molecular formula is C21H21N3O5S. The molecule has 1 heterocycles. The van der Waals surface area contributed by atoms with Gasteiger partial charge >= 0.3 is 0 Å². The smallest absolute Gasteiger partial charge is 0.277 e. The summed E-state index contributed by atoms with van der Waals surface area (Å²) in [7, 11) is 3.15. The lowest BCUT2D eigenvalue weighted by Crippen LogP contribution is -2.14. The van der Waals surface area contributed by atoms with Gasteiger partial charge in [0.2, 0.25) is 11.8 Å². The molecule has 30 heavy (non-hydrogen) atoms. The number of hydrogen-bond acceptors (Lipinski definition) is 8. The van der Waals surface area contributed by atoms with E-state index in [1.165, 1.54) is 6.92 Å². The first-order chi connectivity index (χ1) is 14.5. The van der Waals surface area contributed by atoms with Crippen molar-refractivity contribution in [3.63, 3.8) is 0 Å². The number of thioether (sulfide) groups is 1. The average molecular weight is 427 g/mol. The van der Waals surface area contributed by atoms with Gasteiger partial charge in [0.1, 0.15) is 0 Å². The van der Waals surface area contributed by atoms with E-state index in [1.807, 2.05) is 18.2 Å². The van der Waals surface area contributed by atoms with Crippen molar-refractivity contribution in [1.82, 2.24) is 10.2 Å². The number of nitrogens with zero attached hydrogens (tertiary/aromatic N) is 2. The Morgan fingerprint density at radius 2 is 1.77 bits per heavy atom. The first-order valence-corrected chi connectivity index (χ1v) is 10.0. The molecule has 8 nitrogen and oxygen atoms in total. The van der Waals surface area contributed by atoms with E-state index in [2.05, 4.69) is 15.5 Å². The molecule has 0 fully saturated rings. The molecule has 0 saturated carbocycles. The number of rotatable bonds is 9. The van der Waals surface area contributed by atoms with E-state index < -0.39 is 0 Å². The van der Waals surface area contributed by atoms with Crippen LogP contribution in [0.3, 0.4) is 0 Å². The minimum Gasteiger partial charge on any atom is -0.493 e. The molecule has 0 aliphatic rings. The van der Waals surface area contributed by atoms with Gasteiger partial charge in [-0.1, -0.05) is 17.8 Å². The number of hydrogen-bond donors (Lipinski definition) is 1. The van der Waals surface area contributed by atoms with Crippen molar-refractivity contribution in [2.45, 2.75) is 18.6 Å². The summed E-state index contributed by atoms with van der Waals surface area (Å²) in [6.45, 7) is 1.49. The maximum absolute atomic E-state index is 12.1. The van der Waals surface area contributed by atoms with Gasteiger partial charge < -0.3 is 19.2 Å². The molecule has 0 spiro atoms. The number of carbonyl (C=O) groups is 2. The predicted octanol–water partition coefficient (Wildman–Crippen LogP) is 3.61. The second-order valence-corrected chi connectivity index (χ2v) is 7.22. The zero-order valence-electron chi connectivity index (χ0n) is 16.8. The number of Topliss-reactive ketones (excluding diaryl/α,β-unsaturated/α-hetero) is 1. The number of aromatic nitrogens is 2. The third-order valence-corrected chi connectivity index (χ3v) is 4.97. The van der Waals surface area contributed by atoms with E-state index in [-0.39, 0.29) is 17.4 Å². The van der Waals surface area contributed by atoms with Crippen LogP contribution in [0.4, 0.5) is 5.69 Å². The lowest BCUT2D eigenvalue weighted by Gasteiger charge is -2.08. The van der Waals surface area contributed by atoms with Crippen molar-refractivity contribution in [3.8, 4) is 11.5 Å². The lowest BCUT2D eigenvalue weighted by atomic mass is 10.1. The van der Waals surface area contributed by atoms with Gasteiger partial charge in [-0.2, -0.15) is 0 Å². The molecule has 1 aromatic heterocycles. The third-order valence-electron chi connectivity index (χ3n) is 4.15. The Morgan fingerprint density at radius 3 is 2.43 bits per heavy atom. The maximum Gasteiger partial charge on any atom is 0.277 e. The summed E-state index contributed by atoms with van der Waals surface area (Å²) in [6, 6.07) is 12.3. The summed E-state index contributed by atoms with van der Waals surface area (Å²) in [5.41, 5.74) is 2.14. The largest absolute Gasteiger partial charge is 0.493 e. The monoisotopic (exact) mass is 427 g/mol. The van der Waals surface area contributed by atoms with E-state index >= 15 is 0 Å². The fourth-order valence-corrected chi connectivity index (χ4v) is 3.23. The average Bonchev–Trinajstić information content (AvgIpc) is 3.19. The van der Waals surface area contributed by atoms with Crippen LogP contribution in [0.1, 0.15) is 28.7 Å². The molecule has 0 radical (unpaired) electrons. The van der Waals surface area contributed by atoms with Crippen LogP contribution >= 0.6 is 11.8 Å². The molecule has 2 aromatic carbocycles. The Labute approximate surface area is 178 Å². The molecular weight excluding hydrogens is 406 g/mol. The summed E-state index contributed by atoms with van der Waals surface area (Å²) in [5.74, 6) is 1.58. The molecule has 9 heteroatoms. The molecule has 156 valence electrons. The predicted molar refractivity (Wildman–Crippen MR) is 112 cm³/mol. The molecule has 1 N–H and O–H groups in total. The van der Waals surface area contributed by atoms with Gasteiger partial charge in [-0.25, -0.2) is 0 Å². The van der Waals surface area contributed by atoms with Crippen molar-refractivity contribution >= 4 is 29.1 Å². The third kappa shape index (κ3) is 5.60. The summed E-state index contributed by atoms with van der Waals surface area (Å²) >= 11 is 1.15. The van der Waals surface area contributed by atoms with Gasteiger partial charge in [0, 0.05) is 11.3 Å². The summed E-state index contributed by atoms with van der Waals surface area (Å²) < 4.78 is 16.1.